The molecule has 1 aliphatic rings. The minimum atomic E-state index is 0. The molecule has 0 aromatic heterocycles. The zero-order valence-corrected chi connectivity index (χ0v) is 20.9. The van der Waals surface area contributed by atoms with Crippen molar-refractivity contribution in [3.8, 4) is 11.5 Å². The monoisotopic (exact) mass is 524 g/mol. The fourth-order valence-electron chi connectivity index (χ4n) is 3.78. The Hall–Kier alpha value is -2.00. The topological polar surface area (TPSA) is 49.3 Å². The van der Waals surface area contributed by atoms with Crippen molar-refractivity contribution in [1.82, 2.24) is 15.1 Å². The summed E-state index contributed by atoms with van der Waals surface area (Å²) >= 11 is 0. The molecule has 0 bridgehead atoms. The van der Waals surface area contributed by atoms with Crippen LogP contribution in [0.2, 0.25) is 0 Å². The molecule has 0 saturated carbocycles. The summed E-state index contributed by atoms with van der Waals surface area (Å²) < 4.78 is 10.9. The first kappa shape index (κ1) is 24.3. The lowest BCUT2D eigenvalue weighted by molar-refractivity contribution is 0.346. The SMILES string of the molecule is CN=C(NCc1cccc(CN(C)C)c1)N1CCc2cc(OC)c(OC)cc2C1.I. The van der Waals surface area contributed by atoms with Crippen LogP contribution in [0, 0.1) is 0 Å². The Bertz CT molecular complexity index is 870. The number of halogens is 1. The summed E-state index contributed by atoms with van der Waals surface area (Å²) in [6, 6.07) is 12.9. The number of nitrogens with zero attached hydrogens (tertiary/aromatic N) is 3. The lowest BCUT2D eigenvalue weighted by atomic mass is 9.99. The quantitative estimate of drug-likeness (QED) is 0.356. The van der Waals surface area contributed by atoms with E-state index in [0.717, 1.165) is 50.1 Å². The van der Waals surface area contributed by atoms with Gasteiger partial charge in [-0.1, -0.05) is 24.3 Å². The highest BCUT2D eigenvalue weighted by molar-refractivity contribution is 14.0. The second kappa shape index (κ2) is 11.4. The molecule has 2 aromatic carbocycles. The summed E-state index contributed by atoms with van der Waals surface area (Å²) in [6.45, 7) is 3.42. The van der Waals surface area contributed by atoms with E-state index in [1.54, 1.807) is 14.2 Å². The van der Waals surface area contributed by atoms with Crippen LogP contribution in [0.3, 0.4) is 0 Å². The fraction of sp³-hybridized carbons (Fsp3) is 0.435. The predicted molar refractivity (Wildman–Crippen MR) is 133 cm³/mol. The van der Waals surface area contributed by atoms with Crippen molar-refractivity contribution in [2.75, 3.05) is 41.9 Å². The van der Waals surface area contributed by atoms with Crippen molar-refractivity contribution in [2.45, 2.75) is 26.1 Å². The average Bonchev–Trinajstić information content (AvgIpc) is 2.72. The Morgan fingerprint density at radius 2 is 1.73 bits per heavy atom. The second-order valence-electron chi connectivity index (χ2n) is 7.61. The van der Waals surface area contributed by atoms with Crippen LogP contribution < -0.4 is 14.8 Å². The molecule has 164 valence electrons. The Morgan fingerprint density at radius 3 is 2.37 bits per heavy atom. The maximum absolute atomic E-state index is 5.48. The second-order valence-corrected chi connectivity index (χ2v) is 7.61. The fourth-order valence-corrected chi connectivity index (χ4v) is 3.78. The maximum atomic E-state index is 5.48. The number of hydrogen-bond acceptors (Lipinski definition) is 4. The molecular weight excluding hydrogens is 491 g/mol. The first-order valence-corrected chi connectivity index (χ1v) is 9.96. The van der Waals surface area contributed by atoms with E-state index >= 15 is 0 Å². The Balaban J connectivity index is 0.00000320. The van der Waals surface area contributed by atoms with Crippen LogP contribution in [0.1, 0.15) is 22.3 Å². The van der Waals surface area contributed by atoms with Gasteiger partial charge in [0, 0.05) is 33.2 Å². The van der Waals surface area contributed by atoms with Crippen molar-refractivity contribution in [1.29, 1.82) is 0 Å². The van der Waals surface area contributed by atoms with Crippen molar-refractivity contribution in [3.63, 3.8) is 0 Å². The molecule has 0 aliphatic carbocycles. The van der Waals surface area contributed by atoms with Crippen LogP contribution >= 0.6 is 24.0 Å². The summed E-state index contributed by atoms with van der Waals surface area (Å²) in [4.78, 5) is 8.98. The summed E-state index contributed by atoms with van der Waals surface area (Å²) in [5, 5.41) is 3.52. The number of guanidine groups is 1. The van der Waals surface area contributed by atoms with E-state index in [-0.39, 0.29) is 24.0 Å². The summed E-state index contributed by atoms with van der Waals surface area (Å²) in [5.41, 5.74) is 5.14. The number of hydrogen-bond donors (Lipinski definition) is 1. The minimum Gasteiger partial charge on any atom is -0.493 e. The smallest absolute Gasteiger partial charge is 0.194 e. The molecule has 0 saturated heterocycles. The molecular formula is C23H33IN4O2. The van der Waals surface area contributed by atoms with Gasteiger partial charge in [-0.05, 0) is 54.9 Å². The van der Waals surface area contributed by atoms with Gasteiger partial charge in [-0.25, -0.2) is 0 Å². The van der Waals surface area contributed by atoms with Gasteiger partial charge >= 0.3 is 0 Å². The van der Waals surface area contributed by atoms with Crippen molar-refractivity contribution in [3.05, 3.63) is 58.7 Å². The van der Waals surface area contributed by atoms with Gasteiger partial charge < -0.3 is 24.6 Å². The molecule has 1 N–H and O–H groups in total. The molecule has 0 radical (unpaired) electrons. The number of nitrogens with one attached hydrogen (secondary N) is 1. The summed E-state index contributed by atoms with van der Waals surface area (Å²) in [7, 11) is 9.38. The molecule has 0 atom stereocenters. The van der Waals surface area contributed by atoms with Gasteiger partial charge in [-0.15, -0.1) is 24.0 Å². The molecule has 3 rings (SSSR count). The number of ether oxygens (including phenoxy) is 2. The zero-order chi connectivity index (χ0) is 20.8. The number of fused-ring (bicyclic) bond motifs is 1. The minimum absolute atomic E-state index is 0. The molecule has 0 amide bonds. The van der Waals surface area contributed by atoms with Crippen LogP contribution in [0.5, 0.6) is 11.5 Å². The van der Waals surface area contributed by atoms with Crippen LogP contribution in [-0.4, -0.2) is 57.7 Å². The average molecular weight is 524 g/mol. The number of benzene rings is 2. The molecule has 0 unspecified atom stereocenters. The number of aliphatic imine (C=N–C) groups is 1. The summed E-state index contributed by atoms with van der Waals surface area (Å²) in [6.07, 6.45) is 0.953. The van der Waals surface area contributed by atoms with E-state index in [4.69, 9.17) is 9.47 Å². The molecule has 2 aromatic rings. The van der Waals surface area contributed by atoms with E-state index in [2.05, 4.69) is 70.6 Å². The lowest BCUT2D eigenvalue weighted by Crippen LogP contribution is -2.43. The van der Waals surface area contributed by atoms with E-state index in [0.29, 0.717) is 0 Å². The highest BCUT2D eigenvalue weighted by Crippen LogP contribution is 2.33. The van der Waals surface area contributed by atoms with Crippen LogP contribution in [0.25, 0.3) is 0 Å². The largest absolute Gasteiger partial charge is 0.493 e. The number of rotatable bonds is 6. The van der Waals surface area contributed by atoms with E-state index < -0.39 is 0 Å². The van der Waals surface area contributed by atoms with Crippen LogP contribution in [-0.2, 0) is 26.1 Å². The van der Waals surface area contributed by atoms with E-state index in [1.165, 1.54) is 22.3 Å². The van der Waals surface area contributed by atoms with Gasteiger partial charge in [0.25, 0.3) is 0 Å². The highest BCUT2D eigenvalue weighted by Gasteiger charge is 2.21. The predicted octanol–water partition coefficient (Wildman–Crippen LogP) is 3.52. The third-order valence-electron chi connectivity index (χ3n) is 5.17. The molecule has 0 spiro atoms. The third kappa shape index (κ3) is 6.01. The maximum Gasteiger partial charge on any atom is 0.194 e. The van der Waals surface area contributed by atoms with Gasteiger partial charge in [-0.3, -0.25) is 4.99 Å². The molecule has 6 nitrogen and oxygen atoms in total. The highest BCUT2D eigenvalue weighted by atomic mass is 127. The summed E-state index contributed by atoms with van der Waals surface area (Å²) in [5.74, 6) is 2.48. The van der Waals surface area contributed by atoms with Gasteiger partial charge in [0.1, 0.15) is 0 Å². The van der Waals surface area contributed by atoms with Crippen molar-refractivity contribution >= 4 is 29.9 Å². The molecule has 0 fully saturated rings. The standard InChI is InChI=1S/C23H32N4O2.HI/c1-24-23(25-14-17-7-6-8-18(11-17)15-26(2)3)27-10-9-19-12-21(28-4)22(29-5)13-20(19)16-27;/h6-8,11-13H,9-10,14-16H2,1-5H3,(H,24,25);1H. The van der Waals surface area contributed by atoms with Crippen LogP contribution in [0.4, 0.5) is 0 Å². The third-order valence-corrected chi connectivity index (χ3v) is 5.17. The van der Waals surface area contributed by atoms with Gasteiger partial charge in [-0.2, -0.15) is 0 Å². The Kier molecular flexibility index (Phi) is 9.23. The number of methoxy groups -OCH3 is 2. The van der Waals surface area contributed by atoms with Gasteiger partial charge in [0.2, 0.25) is 0 Å². The van der Waals surface area contributed by atoms with Crippen molar-refractivity contribution in [2.24, 2.45) is 4.99 Å². The van der Waals surface area contributed by atoms with Crippen LogP contribution in [0.15, 0.2) is 41.4 Å². The van der Waals surface area contributed by atoms with E-state index in [9.17, 15) is 0 Å². The Morgan fingerprint density at radius 1 is 1.07 bits per heavy atom. The normalized spacial score (nSPS) is 13.5. The molecule has 1 heterocycles. The van der Waals surface area contributed by atoms with Crippen molar-refractivity contribution < 1.29 is 9.47 Å². The Labute approximate surface area is 197 Å². The molecule has 7 heteroatoms. The zero-order valence-electron chi connectivity index (χ0n) is 18.6. The molecule has 1 aliphatic heterocycles. The first-order valence-electron chi connectivity index (χ1n) is 9.96. The lowest BCUT2D eigenvalue weighted by Gasteiger charge is -2.32. The van der Waals surface area contributed by atoms with E-state index in [1.807, 2.05) is 7.05 Å². The molecule has 30 heavy (non-hydrogen) atoms. The van der Waals surface area contributed by atoms with Gasteiger partial charge in [0.05, 0.1) is 14.2 Å². The first-order chi connectivity index (χ1) is 14.0. The van der Waals surface area contributed by atoms with Gasteiger partial charge in [0.15, 0.2) is 17.5 Å².